The van der Waals surface area contributed by atoms with Gasteiger partial charge >= 0.3 is 6.85 Å². The second-order valence-corrected chi connectivity index (χ2v) is 9.27. The monoisotopic (exact) mass is 386 g/mol. The molecule has 0 saturated heterocycles. The van der Waals surface area contributed by atoms with E-state index in [2.05, 4.69) is 94.8 Å². The number of rotatable bonds is 2. The van der Waals surface area contributed by atoms with Gasteiger partial charge in [0.25, 0.3) is 6.85 Å². The summed E-state index contributed by atoms with van der Waals surface area (Å²) in [5, 5.41) is 2.65. The van der Waals surface area contributed by atoms with E-state index in [0.717, 1.165) is 5.92 Å². The molecule has 30 heavy (non-hydrogen) atoms. The topological polar surface area (TPSA) is 6.48 Å². The fourth-order valence-electron chi connectivity index (χ4n) is 6.67. The van der Waals surface area contributed by atoms with Gasteiger partial charge in [-0.2, -0.15) is 0 Å². The molecule has 2 nitrogen and oxygen atoms in total. The molecule has 0 atom stereocenters. The summed E-state index contributed by atoms with van der Waals surface area (Å²) in [5.41, 5.74) is 9.02. The number of nitrogens with zero attached hydrogens (tertiary/aromatic N) is 2. The van der Waals surface area contributed by atoms with Gasteiger partial charge in [0.1, 0.15) is 0 Å². The fraction of sp³-hybridized carbons (Fsp3) is 0.231. The molecule has 3 aliphatic carbocycles. The molecule has 5 aliphatic rings. The van der Waals surface area contributed by atoms with Gasteiger partial charge in [0.2, 0.25) is 0 Å². The third-order valence-corrected chi connectivity index (χ3v) is 7.82. The smallest absolute Gasteiger partial charge is 0.299 e. The van der Waals surface area contributed by atoms with E-state index in [9.17, 15) is 0 Å². The van der Waals surface area contributed by atoms with Crippen LogP contribution in [-0.2, 0) is 0 Å². The van der Waals surface area contributed by atoms with Crippen LogP contribution in [0.25, 0.3) is 0 Å². The Kier molecular flexibility index (Phi) is 3.63. The molecule has 0 radical (unpaired) electrons. The van der Waals surface area contributed by atoms with Crippen LogP contribution in [0, 0.1) is 11.8 Å². The molecule has 0 amide bonds. The molecule has 1 fully saturated rings. The van der Waals surface area contributed by atoms with Gasteiger partial charge in [-0.25, -0.2) is 0 Å². The highest BCUT2D eigenvalue weighted by Gasteiger charge is 2.58. The van der Waals surface area contributed by atoms with Gasteiger partial charge in [0.05, 0.1) is 5.69 Å². The molecule has 0 unspecified atom stereocenters. The Labute approximate surface area is 179 Å². The average Bonchev–Trinajstić information content (AvgIpc) is 3.35. The number of hydrazine groups is 1. The summed E-state index contributed by atoms with van der Waals surface area (Å²) < 4.78 is 0. The van der Waals surface area contributed by atoms with Gasteiger partial charge < -0.3 is 0 Å². The standard InChI is InChI=1S/C26H24B2N2/c1-3-9-21(10-4-1)27-23-13-7-8-14-24(23)29-26-20-17-15-19(16-18-20)25(26)28(30(27)29)22-11-5-2-6-12-22/h1-14,19-20H,15-18H2. The van der Waals surface area contributed by atoms with Crippen molar-refractivity contribution in [2.75, 3.05) is 5.01 Å². The molecule has 2 aliphatic heterocycles. The molecule has 3 aromatic rings. The maximum Gasteiger partial charge on any atom is 0.302 e. The van der Waals surface area contributed by atoms with Crippen LogP contribution in [0.15, 0.2) is 96.1 Å². The summed E-state index contributed by atoms with van der Waals surface area (Å²) in [6.45, 7) is 0.601. The molecule has 2 heterocycles. The summed E-state index contributed by atoms with van der Waals surface area (Å²) >= 11 is 0. The van der Waals surface area contributed by atoms with E-state index in [4.69, 9.17) is 0 Å². The molecule has 2 bridgehead atoms. The molecule has 8 rings (SSSR count). The van der Waals surface area contributed by atoms with E-state index in [1.165, 1.54) is 47.8 Å². The SMILES string of the molecule is c1ccc(B2C3=C(C4CCC3CC4)N3c4ccccc4B(c4ccccc4)N23)cc1. The van der Waals surface area contributed by atoms with Crippen LogP contribution in [0.2, 0.25) is 0 Å². The summed E-state index contributed by atoms with van der Waals surface area (Å²) in [6.07, 6.45) is 5.44. The second-order valence-electron chi connectivity index (χ2n) is 9.27. The summed E-state index contributed by atoms with van der Waals surface area (Å²) in [6, 6.07) is 31.4. The van der Waals surface area contributed by atoms with Gasteiger partial charge in [-0.1, -0.05) is 95.3 Å². The number of allylic oxidation sites excluding steroid dienone is 2. The lowest BCUT2D eigenvalue weighted by molar-refractivity contribution is 0.301. The van der Waals surface area contributed by atoms with E-state index < -0.39 is 0 Å². The van der Waals surface area contributed by atoms with E-state index in [1.54, 1.807) is 11.2 Å². The largest absolute Gasteiger partial charge is 0.302 e. The first-order chi connectivity index (χ1) is 14.9. The summed E-state index contributed by atoms with van der Waals surface area (Å²) in [7, 11) is 0. The van der Waals surface area contributed by atoms with Crippen molar-refractivity contribution in [2.24, 2.45) is 11.8 Å². The average molecular weight is 386 g/mol. The van der Waals surface area contributed by atoms with Crippen molar-refractivity contribution in [1.82, 2.24) is 4.83 Å². The van der Waals surface area contributed by atoms with E-state index in [0.29, 0.717) is 12.8 Å². The Hall–Kier alpha value is -2.71. The van der Waals surface area contributed by atoms with Crippen molar-refractivity contribution in [3.05, 3.63) is 96.1 Å². The normalized spacial score (nSPS) is 24.3. The Morgan fingerprint density at radius 2 is 1.17 bits per heavy atom. The molecule has 1 saturated carbocycles. The summed E-state index contributed by atoms with van der Waals surface area (Å²) in [5.74, 6) is 1.45. The molecule has 4 heteroatoms. The molecule has 0 aromatic heterocycles. The van der Waals surface area contributed by atoms with Crippen molar-refractivity contribution >= 4 is 35.8 Å². The van der Waals surface area contributed by atoms with Crippen LogP contribution < -0.4 is 21.4 Å². The van der Waals surface area contributed by atoms with Gasteiger partial charge in [0, 0.05) is 5.70 Å². The van der Waals surface area contributed by atoms with Crippen molar-refractivity contribution < 1.29 is 0 Å². The zero-order valence-corrected chi connectivity index (χ0v) is 17.1. The van der Waals surface area contributed by atoms with Crippen LogP contribution in [0.5, 0.6) is 0 Å². The van der Waals surface area contributed by atoms with Crippen molar-refractivity contribution in [3.8, 4) is 0 Å². The highest BCUT2D eigenvalue weighted by Crippen LogP contribution is 2.53. The molecular weight excluding hydrogens is 362 g/mol. The first-order valence-electron chi connectivity index (χ1n) is 11.4. The molecule has 3 aromatic carbocycles. The van der Waals surface area contributed by atoms with Crippen molar-refractivity contribution in [3.63, 3.8) is 0 Å². The lowest BCUT2D eigenvalue weighted by Gasteiger charge is -2.40. The predicted octanol–water partition coefficient (Wildman–Crippen LogP) is 3.35. The van der Waals surface area contributed by atoms with Gasteiger partial charge in [-0.05, 0) is 49.0 Å². The number of fused-ring (bicyclic) bond motifs is 5. The maximum atomic E-state index is 2.72. The quantitative estimate of drug-likeness (QED) is 0.624. The number of hydrogen-bond donors (Lipinski definition) is 0. The van der Waals surface area contributed by atoms with Crippen LogP contribution in [0.1, 0.15) is 25.7 Å². The minimum absolute atomic E-state index is 0.262. The Balaban J connectivity index is 1.50. The minimum atomic E-state index is 0.262. The Morgan fingerprint density at radius 3 is 1.87 bits per heavy atom. The van der Waals surface area contributed by atoms with Crippen LogP contribution in [-0.4, -0.2) is 18.5 Å². The first-order valence-corrected chi connectivity index (χ1v) is 11.4. The van der Waals surface area contributed by atoms with Gasteiger partial charge in [0.15, 0.2) is 0 Å². The fourth-order valence-corrected chi connectivity index (χ4v) is 6.67. The van der Waals surface area contributed by atoms with Gasteiger partial charge in [-0.15, -0.1) is 0 Å². The lowest BCUT2D eigenvalue weighted by Crippen LogP contribution is -2.62. The third-order valence-electron chi connectivity index (χ3n) is 7.82. The van der Waals surface area contributed by atoms with Crippen molar-refractivity contribution in [2.45, 2.75) is 25.7 Å². The second kappa shape index (κ2) is 6.39. The van der Waals surface area contributed by atoms with Crippen molar-refractivity contribution in [1.29, 1.82) is 0 Å². The first kappa shape index (κ1) is 17.0. The zero-order valence-electron chi connectivity index (χ0n) is 17.1. The lowest BCUT2D eigenvalue weighted by atomic mass is 9.37. The number of hydrogen-bond acceptors (Lipinski definition) is 2. The van der Waals surface area contributed by atoms with Crippen LogP contribution >= 0.6 is 0 Å². The number of anilines is 1. The molecular formula is C26H24B2N2. The summed E-state index contributed by atoms with van der Waals surface area (Å²) in [4.78, 5) is 2.72. The molecule has 0 N–H and O–H groups in total. The highest BCUT2D eigenvalue weighted by molar-refractivity contribution is 6.97. The molecule has 0 spiro atoms. The zero-order chi connectivity index (χ0) is 19.7. The van der Waals surface area contributed by atoms with Crippen LogP contribution in [0.3, 0.4) is 0 Å². The number of para-hydroxylation sites is 1. The van der Waals surface area contributed by atoms with E-state index in [1.807, 2.05) is 0 Å². The maximum absolute atomic E-state index is 2.72. The highest BCUT2D eigenvalue weighted by atomic mass is 15.6. The Bertz CT molecular complexity index is 1120. The molecule has 144 valence electrons. The van der Waals surface area contributed by atoms with Crippen LogP contribution in [0.4, 0.5) is 5.69 Å². The third kappa shape index (κ3) is 2.20. The van der Waals surface area contributed by atoms with E-state index in [-0.39, 0.29) is 6.85 Å². The predicted molar refractivity (Wildman–Crippen MR) is 127 cm³/mol. The Morgan fingerprint density at radius 1 is 0.600 bits per heavy atom. The van der Waals surface area contributed by atoms with Gasteiger partial charge in [-0.3, -0.25) is 9.84 Å². The van der Waals surface area contributed by atoms with E-state index >= 15 is 0 Å². The minimum Gasteiger partial charge on any atom is -0.299 e. The number of benzene rings is 3.